The number of para-hydroxylation sites is 1. The molecule has 0 saturated carbocycles. The lowest BCUT2D eigenvalue weighted by Gasteiger charge is -2.09. The minimum atomic E-state index is -0.499. The van der Waals surface area contributed by atoms with Crippen molar-refractivity contribution >= 4 is 23.2 Å². The van der Waals surface area contributed by atoms with Crippen molar-refractivity contribution < 1.29 is 9.18 Å². The third-order valence-electron chi connectivity index (χ3n) is 3.83. The molecule has 0 aliphatic rings. The minimum absolute atomic E-state index is 0.110. The maximum Gasteiger partial charge on any atom is 0.274 e. The summed E-state index contributed by atoms with van der Waals surface area (Å²) in [5, 5.41) is 5.62. The quantitative estimate of drug-likeness (QED) is 0.712. The summed E-state index contributed by atoms with van der Waals surface area (Å²) in [5.74, 6) is -0.682. The molecule has 0 spiro atoms. The van der Waals surface area contributed by atoms with Crippen LogP contribution in [0.1, 0.15) is 28.7 Å². The van der Waals surface area contributed by atoms with E-state index in [-0.39, 0.29) is 11.4 Å². The largest absolute Gasteiger partial charge is 0.324 e. The third-order valence-corrected chi connectivity index (χ3v) is 3.83. The molecule has 0 fully saturated rings. The van der Waals surface area contributed by atoms with Gasteiger partial charge in [-0.2, -0.15) is 0 Å². The molecule has 132 valence electrons. The van der Waals surface area contributed by atoms with E-state index in [9.17, 15) is 9.18 Å². The van der Waals surface area contributed by atoms with Gasteiger partial charge in [-0.05, 0) is 49.2 Å². The van der Waals surface area contributed by atoms with E-state index in [1.807, 2.05) is 24.3 Å². The van der Waals surface area contributed by atoms with Crippen LogP contribution in [-0.4, -0.2) is 15.9 Å². The van der Waals surface area contributed by atoms with Crippen LogP contribution in [0.5, 0.6) is 0 Å². The highest BCUT2D eigenvalue weighted by atomic mass is 19.1. The number of halogens is 1. The first-order chi connectivity index (χ1) is 12.5. The molecule has 2 aromatic carbocycles. The van der Waals surface area contributed by atoms with Gasteiger partial charge in [0.25, 0.3) is 5.91 Å². The van der Waals surface area contributed by atoms with Gasteiger partial charge in [0.15, 0.2) is 0 Å². The number of aromatic nitrogens is 2. The van der Waals surface area contributed by atoms with Crippen LogP contribution in [0.25, 0.3) is 0 Å². The van der Waals surface area contributed by atoms with Gasteiger partial charge in [0.2, 0.25) is 5.95 Å². The van der Waals surface area contributed by atoms with E-state index in [0.29, 0.717) is 11.6 Å². The first-order valence-electron chi connectivity index (χ1n) is 8.32. The number of nitrogens with one attached hydrogen (secondary N) is 2. The van der Waals surface area contributed by atoms with Gasteiger partial charge >= 0.3 is 0 Å². The Labute approximate surface area is 151 Å². The minimum Gasteiger partial charge on any atom is -0.324 e. The highest BCUT2D eigenvalue weighted by Crippen LogP contribution is 2.17. The average molecular weight is 350 g/mol. The summed E-state index contributed by atoms with van der Waals surface area (Å²) in [7, 11) is 0. The number of anilines is 3. The second-order valence-corrected chi connectivity index (χ2v) is 5.83. The Balaban J connectivity index is 1.80. The number of nitrogens with zero attached hydrogens (tertiary/aromatic N) is 2. The summed E-state index contributed by atoms with van der Waals surface area (Å²) in [6.45, 7) is 3.86. The number of aryl methyl sites for hydroxylation is 2. The SMILES string of the molecule is CCc1ccc(Nc2nc(C)cc(C(=O)Nc3ccccc3F)n2)cc1. The van der Waals surface area contributed by atoms with Crippen molar-refractivity contribution in [3.05, 3.63) is 77.4 Å². The van der Waals surface area contributed by atoms with E-state index in [0.717, 1.165) is 12.1 Å². The number of amides is 1. The fraction of sp³-hybridized carbons (Fsp3) is 0.150. The molecule has 0 unspecified atom stereocenters. The van der Waals surface area contributed by atoms with Crippen molar-refractivity contribution in [3.63, 3.8) is 0 Å². The van der Waals surface area contributed by atoms with Crippen molar-refractivity contribution in [2.75, 3.05) is 10.6 Å². The first-order valence-corrected chi connectivity index (χ1v) is 8.32. The molecule has 0 aliphatic carbocycles. The fourth-order valence-electron chi connectivity index (χ4n) is 2.44. The van der Waals surface area contributed by atoms with E-state index in [4.69, 9.17) is 0 Å². The molecular formula is C20H19FN4O. The van der Waals surface area contributed by atoms with E-state index >= 15 is 0 Å². The van der Waals surface area contributed by atoms with Gasteiger partial charge in [-0.15, -0.1) is 0 Å². The molecule has 26 heavy (non-hydrogen) atoms. The average Bonchev–Trinajstić information content (AvgIpc) is 2.64. The molecule has 3 aromatic rings. The van der Waals surface area contributed by atoms with Crippen LogP contribution in [0.2, 0.25) is 0 Å². The van der Waals surface area contributed by atoms with Crippen LogP contribution in [0, 0.1) is 12.7 Å². The normalized spacial score (nSPS) is 10.4. The smallest absolute Gasteiger partial charge is 0.274 e. The second kappa shape index (κ2) is 7.74. The summed E-state index contributed by atoms with van der Waals surface area (Å²) in [6.07, 6.45) is 0.960. The van der Waals surface area contributed by atoms with Crippen LogP contribution >= 0.6 is 0 Å². The summed E-state index contributed by atoms with van der Waals surface area (Å²) in [6, 6.07) is 15.5. The van der Waals surface area contributed by atoms with Gasteiger partial charge < -0.3 is 10.6 Å². The van der Waals surface area contributed by atoms with Crippen molar-refractivity contribution in [2.24, 2.45) is 0 Å². The molecule has 1 heterocycles. The molecule has 0 bridgehead atoms. The molecule has 0 radical (unpaired) electrons. The van der Waals surface area contributed by atoms with E-state index in [1.165, 1.54) is 17.7 Å². The number of hydrogen-bond donors (Lipinski definition) is 2. The molecule has 3 rings (SSSR count). The number of benzene rings is 2. The van der Waals surface area contributed by atoms with Gasteiger partial charge in [0.05, 0.1) is 5.69 Å². The highest BCUT2D eigenvalue weighted by molar-refractivity contribution is 6.03. The molecule has 0 atom stereocenters. The van der Waals surface area contributed by atoms with Crippen LogP contribution in [0.3, 0.4) is 0 Å². The zero-order valence-electron chi connectivity index (χ0n) is 14.6. The summed E-state index contributed by atoms with van der Waals surface area (Å²) < 4.78 is 13.7. The highest BCUT2D eigenvalue weighted by Gasteiger charge is 2.13. The zero-order valence-corrected chi connectivity index (χ0v) is 14.6. The number of carbonyl (C=O) groups is 1. The van der Waals surface area contributed by atoms with Crippen molar-refractivity contribution in [2.45, 2.75) is 20.3 Å². The third kappa shape index (κ3) is 4.22. The molecule has 1 aromatic heterocycles. The van der Waals surface area contributed by atoms with E-state index < -0.39 is 11.7 Å². The van der Waals surface area contributed by atoms with Crippen LogP contribution in [0.4, 0.5) is 21.7 Å². The molecule has 0 aliphatic heterocycles. The van der Waals surface area contributed by atoms with E-state index in [1.54, 1.807) is 25.1 Å². The lowest BCUT2D eigenvalue weighted by molar-refractivity contribution is 0.102. The van der Waals surface area contributed by atoms with Gasteiger partial charge in [-0.3, -0.25) is 4.79 Å². The predicted molar refractivity (Wildman–Crippen MR) is 100 cm³/mol. The molecule has 2 N–H and O–H groups in total. The van der Waals surface area contributed by atoms with Crippen molar-refractivity contribution in [3.8, 4) is 0 Å². The van der Waals surface area contributed by atoms with Crippen LogP contribution < -0.4 is 10.6 Å². The second-order valence-electron chi connectivity index (χ2n) is 5.83. The topological polar surface area (TPSA) is 66.9 Å². The lowest BCUT2D eigenvalue weighted by atomic mass is 10.1. The van der Waals surface area contributed by atoms with Gasteiger partial charge in [-0.25, -0.2) is 14.4 Å². The van der Waals surface area contributed by atoms with Crippen LogP contribution in [-0.2, 0) is 6.42 Å². The zero-order chi connectivity index (χ0) is 18.5. The number of carbonyl (C=O) groups excluding carboxylic acids is 1. The Morgan fingerprint density at radius 2 is 1.81 bits per heavy atom. The Hall–Kier alpha value is -3.28. The first kappa shape index (κ1) is 17.5. The standard InChI is InChI=1S/C20H19FN4O/c1-3-14-8-10-15(11-9-14)23-20-22-13(2)12-18(25-20)19(26)24-17-7-5-4-6-16(17)21/h4-12H,3H2,1-2H3,(H,24,26)(H,22,23,25). The predicted octanol–water partition coefficient (Wildman–Crippen LogP) is 4.48. The van der Waals surface area contributed by atoms with Gasteiger partial charge in [-0.1, -0.05) is 31.2 Å². The number of rotatable bonds is 5. The maximum atomic E-state index is 13.7. The summed E-state index contributed by atoms with van der Waals surface area (Å²) >= 11 is 0. The summed E-state index contributed by atoms with van der Waals surface area (Å²) in [4.78, 5) is 21.0. The van der Waals surface area contributed by atoms with Gasteiger partial charge in [0, 0.05) is 11.4 Å². The molecule has 5 nitrogen and oxygen atoms in total. The number of hydrogen-bond acceptors (Lipinski definition) is 4. The Bertz CT molecular complexity index is 925. The Morgan fingerprint density at radius 1 is 1.08 bits per heavy atom. The van der Waals surface area contributed by atoms with Crippen molar-refractivity contribution in [1.29, 1.82) is 0 Å². The molecular weight excluding hydrogens is 331 g/mol. The van der Waals surface area contributed by atoms with Crippen LogP contribution in [0.15, 0.2) is 54.6 Å². The molecule has 6 heteroatoms. The summed E-state index contributed by atoms with van der Waals surface area (Å²) in [5.41, 5.74) is 2.96. The lowest BCUT2D eigenvalue weighted by Crippen LogP contribution is -2.16. The fourth-order valence-corrected chi connectivity index (χ4v) is 2.44. The monoisotopic (exact) mass is 350 g/mol. The molecule has 0 saturated heterocycles. The van der Waals surface area contributed by atoms with Crippen molar-refractivity contribution in [1.82, 2.24) is 9.97 Å². The maximum absolute atomic E-state index is 13.7. The van der Waals surface area contributed by atoms with E-state index in [2.05, 4.69) is 27.5 Å². The Morgan fingerprint density at radius 3 is 2.50 bits per heavy atom. The Kier molecular flexibility index (Phi) is 5.22. The molecule has 1 amide bonds. The van der Waals surface area contributed by atoms with Gasteiger partial charge in [0.1, 0.15) is 11.5 Å².